The maximum Gasteiger partial charge on any atom is 0.286 e. The Kier molecular flexibility index (Phi) is 6.92. The Balaban J connectivity index is 1.26. The van der Waals surface area contributed by atoms with E-state index in [1.54, 1.807) is 6.20 Å². The van der Waals surface area contributed by atoms with Gasteiger partial charge in [0.25, 0.3) is 5.91 Å². The Hall–Kier alpha value is -2.09. The summed E-state index contributed by atoms with van der Waals surface area (Å²) < 4.78 is 18.5. The molecule has 0 spiro atoms. The number of benzene rings is 1. The molecule has 0 saturated carbocycles. The van der Waals surface area contributed by atoms with Crippen molar-refractivity contribution in [3.05, 3.63) is 53.6 Å². The summed E-state index contributed by atoms with van der Waals surface area (Å²) in [7, 11) is 0. The van der Waals surface area contributed by atoms with Gasteiger partial charge in [-0.1, -0.05) is 19.1 Å². The molecule has 6 nitrogen and oxygen atoms in total. The molecule has 1 amide bonds. The third kappa shape index (κ3) is 4.96. The number of amides is 1. The van der Waals surface area contributed by atoms with Crippen LogP contribution in [0.3, 0.4) is 0 Å². The van der Waals surface area contributed by atoms with Crippen LogP contribution in [-0.4, -0.2) is 46.5 Å². The molecule has 2 unspecified atom stereocenters. The Morgan fingerprint density at radius 1 is 1.30 bits per heavy atom. The first kappa shape index (κ1) is 21.2. The number of hydrogen-bond donors (Lipinski definition) is 1. The molecule has 0 bridgehead atoms. The van der Waals surface area contributed by atoms with Crippen LogP contribution < -0.4 is 5.32 Å². The quantitative estimate of drug-likeness (QED) is 0.678. The van der Waals surface area contributed by atoms with Gasteiger partial charge in [-0.25, -0.2) is 0 Å². The van der Waals surface area contributed by atoms with Crippen LogP contribution in [0.1, 0.15) is 38.2 Å². The minimum Gasteiger partial charge on any atom is -0.611 e. The van der Waals surface area contributed by atoms with Crippen LogP contribution in [0.4, 0.5) is 0 Å². The van der Waals surface area contributed by atoms with Gasteiger partial charge in [-0.2, -0.15) is 0 Å². The van der Waals surface area contributed by atoms with Crippen LogP contribution in [0.15, 0.2) is 57.9 Å². The van der Waals surface area contributed by atoms with Crippen molar-refractivity contribution in [1.29, 1.82) is 0 Å². The second-order valence-electron chi connectivity index (χ2n) is 8.00. The summed E-state index contributed by atoms with van der Waals surface area (Å²) in [5, 5.41) is 3.13. The summed E-state index contributed by atoms with van der Waals surface area (Å²) in [6.45, 7) is 5.81. The van der Waals surface area contributed by atoms with E-state index in [0.29, 0.717) is 12.3 Å². The molecule has 1 saturated heterocycles. The number of likely N-dealkylation sites (tertiary alicyclic amines) is 1. The average Bonchev–Trinajstić information content (AvgIpc) is 3.23. The highest BCUT2D eigenvalue weighted by molar-refractivity contribution is 7.92. The van der Waals surface area contributed by atoms with Crippen LogP contribution in [-0.2, 0) is 27.3 Å². The molecule has 30 heavy (non-hydrogen) atoms. The zero-order valence-corrected chi connectivity index (χ0v) is 18.2. The van der Waals surface area contributed by atoms with E-state index in [1.807, 2.05) is 36.6 Å². The van der Waals surface area contributed by atoms with Crippen LogP contribution in [0, 0.1) is 5.92 Å². The maximum absolute atomic E-state index is 12.9. The molecule has 1 aromatic rings. The van der Waals surface area contributed by atoms with Gasteiger partial charge in [-0.3, -0.25) is 9.79 Å². The van der Waals surface area contributed by atoms with E-state index >= 15 is 0 Å². The highest BCUT2D eigenvalue weighted by Crippen LogP contribution is 2.31. The molecule has 1 N–H and O–H groups in total. The smallest absolute Gasteiger partial charge is 0.286 e. The topological polar surface area (TPSA) is 77.0 Å². The van der Waals surface area contributed by atoms with Crippen molar-refractivity contribution < 1.29 is 14.1 Å². The summed E-state index contributed by atoms with van der Waals surface area (Å²) in [6.07, 6.45) is 9.25. The van der Waals surface area contributed by atoms with E-state index < -0.39 is 11.2 Å². The van der Waals surface area contributed by atoms with E-state index in [9.17, 15) is 9.35 Å². The molecule has 0 radical (unpaired) electrons. The molecular weight excluding hydrogens is 398 g/mol. The highest BCUT2D eigenvalue weighted by atomic mass is 32.2. The van der Waals surface area contributed by atoms with Crippen LogP contribution in [0.25, 0.3) is 0 Å². The lowest BCUT2D eigenvalue weighted by Crippen LogP contribution is -2.39. The first-order valence-electron chi connectivity index (χ1n) is 10.8. The number of nitrogens with zero attached hydrogens (tertiary/aromatic N) is 2. The minimum atomic E-state index is -0.977. The second kappa shape index (κ2) is 9.81. The van der Waals surface area contributed by atoms with E-state index in [4.69, 9.17) is 4.74 Å². The molecule has 4 rings (SSSR count). The molecule has 3 aliphatic rings. The summed E-state index contributed by atoms with van der Waals surface area (Å²) in [6, 6.07) is 7.75. The van der Waals surface area contributed by atoms with Crippen molar-refractivity contribution in [3.63, 3.8) is 0 Å². The SMILES string of the molecule is CCCN1CCC([S+]([O-])c2ccc(CNC(=O)C3=CC4CC=NC=C4O3)cc2)CC1. The van der Waals surface area contributed by atoms with Crippen molar-refractivity contribution in [2.24, 2.45) is 10.9 Å². The number of piperidine rings is 1. The highest BCUT2D eigenvalue weighted by Gasteiger charge is 2.30. The molecule has 1 fully saturated rings. The van der Waals surface area contributed by atoms with E-state index in [2.05, 4.69) is 22.1 Å². The Bertz CT molecular complexity index is 842. The lowest BCUT2D eigenvalue weighted by Gasteiger charge is -2.32. The predicted molar refractivity (Wildman–Crippen MR) is 118 cm³/mol. The standard InChI is InChI=1S/C23H29N3O3S/c1-2-11-26-12-8-20(9-13-26)30(28)19-5-3-17(4-6-19)15-25-23(27)21-14-18-7-10-24-16-22(18)29-21/h3-6,10,14,16,18,20H,2,7-9,11-13,15H2,1H3,(H,25,27). The fourth-order valence-electron chi connectivity index (χ4n) is 4.10. The van der Waals surface area contributed by atoms with Gasteiger partial charge in [-0.15, -0.1) is 0 Å². The Morgan fingerprint density at radius 3 is 2.77 bits per heavy atom. The molecule has 0 aromatic heterocycles. The number of nitrogens with one attached hydrogen (secondary N) is 1. The number of fused-ring (bicyclic) bond motifs is 1. The third-order valence-corrected chi connectivity index (χ3v) is 7.64. The maximum atomic E-state index is 12.9. The molecule has 160 valence electrons. The summed E-state index contributed by atoms with van der Waals surface area (Å²) in [5.74, 6) is 0.960. The molecule has 0 aliphatic carbocycles. The van der Waals surface area contributed by atoms with E-state index in [0.717, 1.165) is 55.1 Å². The number of hydrogen-bond acceptors (Lipinski definition) is 5. The predicted octanol–water partition coefficient (Wildman–Crippen LogP) is 3.13. The summed E-state index contributed by atoms with van der Waals surface area (Å²) >= 11 is -0.977. The second-order valence-corrected chi connectivity index (χ2v) is 9.74. The van der Waals surface area contributed by atoms with Crippen molar-refractivity contribution in [2.45, 2.75) is 49.3 Å². The number of ether oxygens (including phenoxy) is 1. The van der Waals surface area contributed by atoms with Gasteiger partial charge < -0.3 is 19.5 Å². The van der Waals surface area contributed by atoms with E-state index in [1.165, 1.54) is 6.42 Å². The largest absolute Gasteiger partial charge is 0.611 e. The van der Waals surface area contributed by atoms with Crippen molar-refractivity contribution >= 4 is 23.3 Å². The molecule has 1 aromatic carbocycles. The Labute approximate surface area is 181 Å². The fourth-order valence-corrected chi connectivity index (χ4v) is 5.53. The van der Waals surface area contributed by atoms with Crippen molar-refractivity contribution in [3.8, 4) is 0 Å². The van der Waals surface area contributed by atoms with Crippen molar-refractivity contribution in [1.82, 2.24) is 10.2 Å². The van der Waals surface area contributed by atoms with Gasteiger partial charge in [0.1, 0.15) is 11.0 Å². The zero-order chi connectivity index (χ0) is 20.9. The van der Waals surface area contributed by atoms with E-state index in [-0.39, 0.29) is 17.1 Å². The van der Waals surface area contributed by atoms with Crippen molar-refractivity contribution in [2.75, 3.05) is 19.6 Å². The number of aliphatic imine (C=N–C) groups is 1. The van der Waals surface area contributed by atoms with Gasteiger partial charge >= 0.3 is 0 Å². The number of allylic oxidation sites excluding steroid dienone is 1. The monoisotopic (exact) mass is 427 g/mol. The zero-order valence-electron chi connectivity index (χ0n) is 17.4. The molecule has 7 heteroatoms. The number of carbonyl (C=O) groups is 1. The van der Waals surface area contributed by atoms with Gasteiger partial charge in [0.05, 0.1) is 6.20 Å². The van der Waals surface area contributed by atoms with Gasteiger partial charge in [-0.05, 0) is 54.3 Å². The van der Waals surface area contributed by atoms with Gasteiger partial charge in [0.2, 0.25) is 0 Å². The first-order valence-corrected chi connectivity index (χ1v) is 12.0. The normalized spacial score (nSPS) is 22.7. The average molecular weight is 428 g/mol. The van der Waals surface area contributed by atoms with Crippen LogP contribution >= 0.6 is 0 Å². The first-order chi connectivity index (χ1) is 14.6. The van der Waals surface area contributed by atoms with Crippen LogP contribution in [0.2, 0.25) is 0 Å². The van der Waals surface area contributed by atoms with Gasteiger partial charge in [0, 0.05) is 44.6 Å². The summed E-state index contributed by atoms with van der Waals surface area (Å²) in [5.41, 5.74) is 0.973. The number of rotatable bonds is 7. The lowest BCUT2D eigenvalue weighted by molar-refractivity contribution is -0.120. The van der Waals surface area contributed by atoms with Crippen LogP contribution in [0.5, 0.6) is 0 Å². The summed E-state index contributed by atoms with van der Waals surface area (Å²) in [4.78, 5) is 19.8. The third-order valence-electron chi connectivity index (χ3n) is 5.82. The lowest BCUT2D eigenvalue weighted by atomic mass is 10.0. The minimum absolute atomic E-state index is 0.117. The fraction of sp³-hybridized carbons (Fsp3) is 0.478. The number of carbonyl (C=O) groups excluding carboxylic acids is 1. The molecular formula is C23H29N3O3S. The Morgan fingerprint density at radius 2 is 2.07 bits per heavy atom. The molecule has 2 atom stereocenters. The molecule has 3 heterocycles. The van der Waals surface area contributed by atoms with Gasteiger partial charge in [0.15, 0.2) is 10.7 Å². The molecule has 3 aliphatic heterocycles.